The molecule has 0 saturated heterocycles. The number of nitrogens with zero attached hydrogens (tertiary/aromatic N) is 2. The zero-order valence-electron chi connectivity index (χ0n) is 9.45. The van der Waals surface area contributed by atoms with E-state index in [1.165, 1.54) is 22.9 Å². The van der Waals surface area contributed by atoms with Gasteiger partial charge >= 0.3 is 0 Å². The highest BCUT2D eigenvalue weighted by Crippen LogP contribution is 2.15. The van der Waals surface area contributed by atoms with Crippen LogP contribution in [0.15, 0.2) is 33.7 Å². The lowest BCUT2D eigenvalue weighted by Crippen LogP contribution is -2.26. The second kappa shape index (κ2) is 5.48. The SMILES string of the molecule is Cc1ncc(I)c(=O)n1Cc1cc(F)cc(Br)c1. The fourth-order valence-electron chi connectivity index (χ4n) is 1.62. The number of rotatable bonds is 2. The molecule has 94 valence electrons. The molecule has 0 amide bonds. The largest absolute Gasteiger partial charge is 0.292 e. The number of halogens is 3. The van der Waals surface area contributed by atoms with Crippen molar-refractivity contribution in [3.8, 4) is 0 Å². The van der Waals surface area contributed by atoms with Crippen molar-refractivity contribution in [2.45, 2.75) is 13.5 Å². The van der Waals surface area contributed by atoms with E-state index in [4.69, 9.17) is 0 Å². The zero-order valence-corrected chi connectivity index (χ0v) is 13.2. The van der Waals surface area contributed by atoms with E-state index < -0.39 is 0 Å². The van der Waals surface area contributed by atoms with Crippen LogP contribution in [0.2, 0.25) is 0 Å². The lowest BCUT2D eigenvalue weighted by atomic mass is 10.2. The topological polar surface area (TPSA) is 34.9 Å². The van der Waals surface area contributed by atoms with E-state index in [1.807, 2.05) is 22.6 Å². The molecule has 1 aromatic carbocycles. The van der Waals surface area contributed by atoms with Crippen LogP contribution in [-0.2, 0) is 6.54 Å². The first-order valence-corrected chi connectivity index (χ1v) is 7.01. The van der Waals surface area contributed by atoms with Crippen LogP contribution >= 0.6 is 38.5 Å². The first-order valence-electron chi connectivity index (χ1n) is 5.14. The molecule has 0 aliphatic rings. The van der Waals surface area contributed by atoms with Crippen LogP contribution in [0.3, 0.4) is 0 Å². The Morgan fingerprint density at radius 1 is 1.44 bits per heavy atom. The maximum absolute atomic E-state index is 13.3. The molecule has 0 aliphatic heterocycles. The lowest BCUT2D eigenvalue weighted by Gasteiger charge is -2.10. The van der Waals surface area contributed by atoms with Gasteiger partial charge in [0.2, 0.25) is 0 Å². The Hall–Kier alpha value is -0.760. The van der Waals surface area contributed by atoms with Crippen LogP contribution in [0.25, 0.3) is 0 Å². The van der Waals surface area contributed by atoms with Crippen LogP contribution in [0.1, 0.15) is 11.4 Å². The number of aryl methyl sites for hydroxylation is 1. The molecule has 3 nitrogen and oxygen atoms in total. The molecule has 18 heavy (non-hydrogen) atoms. The summed E-state index contributed by atoms with van der Waals surface area (Å²) in [4.78, 5) is 16.1. The van der Waals surface area contributed by atoms with Gasteiger partial charge in [0.15, 0.2) is 0 Å². The summed E-state index contributed by atoms with van der Waals surface area (Å²) < 4.78 is 16.0. The number of benzene rings is 1. The van der Waals surface area contributed by atoms with Gasteiger partial charge < -0.3 is 0 Å². The van der Waals surface area contributed by atoms with Crippen LogP contribution in [0, 0.1) is 16.3 Å². The quantitative estimate of drug-likeness (QED) is 0.697. The second-order valence-electron chi connectivity index (χ2n) is 3.82. The molecule has 0 radical (unpaired) electrons. The van der Waals surface area contributed by atoms with Crippen LogP contribution in [0.5, 0.6) is 0 Å². The molecule has 0 unspecified atom stereocenters. The standard InChI is InChI=1S/C12H9BrFIN2O/c1-7-16-5-11(15)12(18)17(7)6-8-2-9(13)4-10(14)3-8/h2-5H,6H2,1H3. The Morgan fingerprint density at radius 2 is 2.17 bits per heavy atom. The van der Waals surface area contributed by atoms with Crippen molar-refractivity contribution in [1.82, 2.24) is 9.55 Å². The molecular formula is C12H9BrFIN2O. The highest BCUT2D eigenvalue weighted by atomic mass is 127. The summed E-state index contributed by atoms with van der Waals surface area (Å²) in [6, 6.07) is 4.58. The summed E-state index contributed by atoms with van der Waals surface area (Å²) in [6.45, 7) is 2.07. The number of hydrogen-bond donors (Lipinski definition) is 0. The van der Waals surface area contributed by atoms with Gasteiger partial charge in [-0.2, -0.15) is 0 Å². The van der Waals surface area contributed by atoms with Gasteiger partial charge in [0, 0.05) is 10.7 Å². The van der Waals surface area contributed by atoms with Crippen molar-refractivity contribution in [3.05, 3.63) is 60.0 Å². The van der Waals surface area contributed by atoms with Gasteiger partial charge in [-0.25, -0.2) is 9.37 Å². The molecule has 0 N–H and O–H groups in total. The molecule has 0 fully saturated rings. The van der Waals surface area contributed by atoms with Crippen LogP contribution < -0.4 is 5.56 Å². The highest BCUT2D eigenvalue weighted by Gasteiger charge is 2.07. The van der Waals surface area contributed by atoms with Gasteiger partial charge in [-0.05, 0) is 53.3 Å². The van der Waals surface area contributed by atoms with Gasteiger partial charge in [0.1, 0.15) is 11.6 Å². The van der Waals surface area contributed by atoms with E-state index in [-0.39, 0.29) is 11.4 Å². The average Bonchev–Trinajstić information content (AvgIpc) is 2.28. The third-order valence-corrected chi connectivity index (χ3v) is 3.67. The first-order chi connectivity index (χ1) is 8.47. The van der Waals surface area contributed by atoms with Crippen molar-refractivity contribution in [3.63, 3.8) is 0 Å². The van der Waals surface area contributed by atoms with Crippen LogP contribution in [0.4, 0.5) is 4.39 Å². The minimum Gasteiger partial charge on any atom is -0.292 e. The van der Waals surface area contributed by atoms with Crippen molar-refractivity contribution in [1.29, 1.82) is 0 Å². The molecule has 2 aromatic rings. The summed E-state index contributed by atoms with van der Waals surface area (Å²) in [5.41, 5.74) is 0.611. The van der Waals surface area contributed by atoms with Gasteiger partial charge in [0.05, 0.1) is 10.1 Å². The molecular weight excluding hydrogens is 414 g/mol. The number of aromatic nitrogens is 2. The molecule has 0 saturated carbocycles. The fourth-order valence-corrected chi connectivity index (χ4v) is 2.57. The van der Waals surface area contributed by atoms with Crippen molar-refractivity contribution in [2.24, 2.45) is 0 Å². The van der Waals surface area contributed by atoms with Gasteiger partial charge in [-0.1, -0.05) is 15.9 Å². The third kappa shape index (κ3) is 2.97. The predicted molar refractivity (Wildman–Crippen MR) is 79.2 cm³/mol. The van der Waals surface area contributed by atoms with Crippen molar-refractivity contribution >= 4 is 38.5 Å². The van der Waals surface area contributed by atoms with E-state index in [0.717, 1.165) is 5.56 Å². The van der Waals surface area contributed by atoms with Gasteiger partial charge in [0.25, 0.3) is 5.56 Å². The summed E-state index contributed by atoms with van der Waals surface area (Å²) in [7, 11) is 0. The fraction of sp³-hybridized carbons (Fsp3) is 0.167. The highest BCUT2D eigenvalue weighted by molar-refractivity contribution is 14.1. The maximum Gasteiger partial charge on any atom is 0.267 e. The molecule has 6 heteroatoms. The Balaban J connectivity index is 2.46. The van der Waals surface area contributed by atoms with Gasteiger partial charge in [-0.3, -0.25) is 9.36 Å². The molecule has 0 aliphatic carbocycles. The minimum absolute atomic E-state index is 0.108. The molecule has 1 heterocycles. The van der Waals surface area contributed by atoms with Crippen molar-refractivity contribution in [2.75, 3.05) is 0 Å². The Morgan fingerprint density at radius 3 is 2.83 bits per heavy atom. The van der Waals surface area contributed by atoms with E-state index in [0.29, 0.717) is 20.4 Å². The molecule has 2 rings (SSSR count). The summed E-state index contributed by atoms with van der Waals surface area (Å²) in [5, 5.41) is 0. The zero-order chi connectivity index (χ0) is 13.3. The van der Waals surface area contributed by atoms with E-state index in [2.05, 4.69) is 20.9 Å². The van der Waals surface area contributed by atoms with E-state index in [1.54, 1.807) is 13.0 Å². The Bertz CT molecular complexity index is 637. The molecule has 0 spiro atoms. The van der Waals surface area contributed by atoms with Crippen LogP contribution in [-0.4, -0.2) is 9.55 Å². The second-order valence-corrected chi connectivity index (χ2v) is 5.90. The first kappa shape index (κ1) is 13.7. The normalized spacial score (nSPS) is 10.7. The minimum atomic E-state index is -0.330. The van der Waals surface area contributed by atoms with Gasteiger partial charge in [-0.15, -0.1) is 0 Å². The Kier molecular flexibility index (Phi) is 4.16. The predicted octanol–water partition coefficient (Wildman–Crippen LogP) is 3.11. The molecule has 1 aromatic heterocycles. The maximum atomic E-state index is 13.3. The summed E-state index contributed by atoms with van der Waals surface area (Å²) in [5.74, 6) is 0.282. The van der Waals surface area contributed by atoms with Crippen molar-refractivity contribution < 1.29 is 4.39 Å². The summed E-state index contributed by atoms with van der Waals surface area (Å²) in [6.07, 6.45) is 1.54. The monoisotopic (exact) mass is 422 g/mol. The van der Waals surface area contributed by atoms with E-state index in [9.17, 15) is 9.18 Å². The smallest absolute Gasteiger partial charge is 0.267 e. The number of hydrogen-bond acceptors (Lipinski definition) is 2. The Labute approximate surface area is 125 Å². The summed E-state index contributed by atoms with van der Waals surface area (Å²) >= 11 is 5.18. The average molecular weight is 423 g/mol. The van der Waals surface area contributed by atoms with E-state index >= 15 is 0 Å². The molecule has 0 atom stereocenters. The lowest BCUT2D eigenvalue weighted by molar-refractivity contribution is 0.619. The third-order valence-electron chi connectivity index (χ3n) is 2.47. The molecule has 0 bridgehead atoms.